The summed E-state index contributed by atoms with van der Waals surface area (Å²) in [5.41, 5.74) is 3.70. The average Bonchev–Trinajstić information content (AvgIpc) is 3.05. The third-order valence-corrected chi connectivity index (χ3v) is 5.52. The lowest BCUT2D eigenvalue weighted by atomic mass is 10.1. The molecule has 1 atom stereocenters. The summed E-state index contributed by atoms with van der Waals surface area (Å²) in [6.45, 7) is 0. The number of aromatic nitrogens is 1. The quantitative estimate of drug-likeness (QED) is 0.545. The van der Waals surface area contributed by atoms with E-state index < -0.39 is 9.92 Å². The number of aromatic amines is 1. The highest BCUT2D eigenvalue weighted by Gasteiger charge is 2.10. The number of fused-ring (bicyclic) bond motifs is 1. The second-order valence-electron chi connectivity index (χ2n) is 5.77. The number of hydrogen-bond donors (Lipinski definition) is 2. The van der Waals surface area contributed by atoms with Gasteiger partial charge in [-0.15, -0.1) is 0 Å². The Morgan fingerprint density at radius 2 is 1.44 bits per heavy atom. The minimum absolute atomic E-state index is 0.512. The van der Waals surface area contributed by atoms with Crippen LogP contribution in [-0.4, -0.2) is 9.19 Å². The molecule has 3 N–H and O–H groups in total. The molecule has 1 unspecified atom stereocenters. The van der Waals surface area contributed by atoms with Gasteiger partial charge < -0.3 is 4.98 Å². The van der Waals surface area contributed by atoms with Crippen molar-refractivity contribution in [2.75, 3.05) is 0 Å². The highest BCUT2D eigenvalue weighted by Crippen LogP contribution is 2.28. The number of nitrogens with one attached hydrogen (secondary N) is 1. The van der Waals surface area contributed by atoms with E-state index in [9.17, 15) is 4.21 Å². The van der Waals surface area contributed by atoms with Crippen molar-refractivity contribution in [2.45, 2.75) is 4.90 Å². The van der Waals surface area contributed by atoms with Gasteiger partial charge in [-0.1, -0.05) is 60.7 Å². The van der Waals surface area contributed by atoms with Crippen LogP contribution >= 0.6 is 0 Å². The van der Waals surface area contributed by atoms with Crippen LogP contribution in [-0.2, 0) is 9.92 Å². The molecule has 1 heterocycles. The summed E-state index contributed by atoms with van der Waals surface area (Å²) in [7, 11) is -3.02. The molecule has 0 radical (unpaired) electrons. The Balaban J connectivity index is 1.74. The molecule has 0 saturated heterocycles. The number of benzene rings is 3. The fourth-order valence-corrected chi connectivity index (χ4v) is 3.88. The van der Waals surface area contributed by atoms with E-state index >= 15 is 0 Å². The molecule has 4 aromatic rings. The molecule has 4 nitrogen and oxygen atoms in total. The van der Waals surface area contributed by atoms with Crippen molar-refractivity contribution in [1.29, 1.82) is 0 Å². The van der Waals surface area contributed by atoms with Crippen LogP contribution in [0.25, 0.3) is 22.0 Å². The fraction of sp³-hybridized carbons (Fsp3) is 0. The zero-order valence-electron chi connectivity index (χ0n) is 13.4. The molecule has 0 aliphatic rings. The van der Waals surface area contributed by atoms with E-state index in [1.54, 1.807) is 18.3 Å². The third kappa shape index (κ3) is 3.07. The lowest BCUT2D eigenvalue weighted by Crippen LogP contribution is -2.11. The molecule has 124 valence electrons. The van der Waals surface area contributed by atoms with Gasteiger partial charge in [0.2, 0.25) is 0 Å². The molecular weight excluding hydrogens is 330 g/mol. The van der Waals surface area contributed by atoms with Crippen molar-refractivity contribution >= 4 is 26.5 Å². The molecule has 4 rings (SSSR count). The molecule has 3 aromatic carbocycles. The topological polar surface area (TPSA) is 71.2 Å². The molecule has 0 amide bonds. The molecule has 0 bridgehead atoms. The smallest absolute Gasteiger partial charge is 0.139 e. The summed E-state index contributed by atoms with van der Waals surface area (Å²) >= 11 is 0. The lowest BCUT2D eigenvalue weighted by molar-refractivity contribution is 0.678. The minimum Gasteiger partial charge on any atom is -0.359 e. The minimum atomic E-state index is -3.02. The second kappa shape index (κ2) is 6.20. The van der Waals surface area contributed by atoms with Gasteiger partial charge in [-0.25, -0.2) is 9.35 Å². The van der Waals surface area contributed by atoms with Crippen molar-refractivity contribution < 1.29 is 4.21 Å². The van der Waals surface area contributed by atoms with Crippen LogP contribution in [0.3, 0.4) is 0 Å². The van der Waals surface area contributed by atoms with Gasteiger partial charge in [-0.2, -0.15) is 4.36 Å². The van der Waals surface area contributed by atoms with Crippen LogP contribution in [0.2, 0.25) is 0 Å². The van der Waals surface area contributed by atoms with E-state index in [-0.39, 0.29) is 0 Å². The average molecular weight is 347 g/mol. The van der Waals surface area contributed by atoms with Crippen LogP contribution in [0.1, 0.15) is 0 Å². The first kappa shape index (κ1) is 15.6. The number of H-pyrrole nitrogens is 1. The fourth-order valence-electron chi connectivity index (χ4n) is 2.80. The molecule has 0 aliphatic heterocycles. The van der Waals surface area contributed by atoms with Crippen LogP contribution < -0.4 is 5.14 Å². The van der Waals surface area contributed by atoms with Crippen molar-refractivity contribution in [1.82, 2.24) is 4.98 Å². The van der Waals surface area contributed by atoms with Crippen LogP contribution in [0.5, 0.6) is 0 Å². The van der Waals surface area contributed by atoms with Gasteiger partial charge in [0.15, 0.2) is 0 Å². The van der Waals surface area contributed by atoms with Gasteiger partial charge in [-0.3, -0.25) is 0 Å². The van der Waals surface area contributed by atoms with Crippen LogP contribution in [0.15, 0.2) is 94.3 Å². The first-order chi connectivity index (χ1) is 12.1. The predicted molar refractivity (Wildman–Crippen MR) is 103 cm³/mol. The molecule has 0 saturated carbocycles. The molecule has 0 aliphatic carbocycles. The first-order valence-electron chi connectivity index (χ1n) is 7.90. The zero-order valence-corrected chi connectivity index (χ0v) is 14.2. The molecular formula is C20H17N3OS. The Morgan fingerprint density at radius 1 is 0.800 bits per heavy atom. The summed E-state index contributed by atoms with van der Waals surface area (Å²) in [5, 5.41) is 6.96. The van der Waals surface area contributed by atoms with Crippen LogP contribution in [0.4, 0.5) is 5.69 Å². The Morgan fingerprint density at radius 3 is 2.20 bits per heavy atom. The lowest BCUT2D eigenvalue weighted by Gasteiger charge is -2.06. The van der Waals surface area contributed by atoms with Crippen molar-refractivity contribution in [3.8, 4) is 11.1 Å². The summed E-state index contributed by atoms with van der Waals surface area (Å²) in [4.78, 5) is 3.63. The zero-order chi connectivity index (χ0) is 17.3. The summed E-state index contributed by atoms with van der Waals surface area (Å²) in [5.74, 6) is 0. The normalized spacial score (nSPS) is 13.5. The Labute approximate surface area is 146 Å². The van der Waals surface area contributed by atoms with Gasteiger partial charge in [0.1, 0.15) is 9.92 Å². The van der Waals surface area contributed by atoms with Gasteiger partial charge in [-0.05, 0) is 29.3 Å². The van der Waals surface area contributed by atoms with E-state index in [2.05, 4.69) is 9.35 Å². The maximum absolute atomic E-state index is 12.9. The number of para-hydroxylation sites is 1. The maximum atomic E-state index is 12.9. The van der Waals surface area contributed by atoms with Gasteiger partial charge in [0.25, 0.3) is 0 Å². The SMILES string of the molecule is NS(=O)(=Nc1c[nH]c2ccccc12)c1ccc(-c2ccccc2)cc1. The Bertz CT molecular complexity index is 1140. The molecule has 0 fully saturated rings. The molecule has 1 aromatic heterocycles. The number of nitrogens with zero attached hydrogens (tertiary/aromatic N) is 1. The summed E-state index contributed by atoms with van der Waals surface area (Å²) in [6, 6.07) is 25.1. The largest absolute Gasteiger partial charge is 0.359 e. The number of nitrogens with two attached hydrogens (primary N) is 1. The van der Waals surface area contributed by atoms with Crippen molar-refractivity contribution in [3.63, 3.8) is 0 Å². The first-order valence-corrected chi connectivity index (χ1v) is 9.48. The highest BCUT2D eigenvalue weighted by atomic mass is 32.2. The standard InChI is InChI=1S/C20H17N3OS/c21-25(24,23-20-14-22-19-9-5-4-8-18(19)20)17-12-10-16(11-13-17)15-6-2-1-3-7-15/h1-14,22H,(H2,21,23,24). The molecule has 0 spiro atoms. The Kier molecular flexibility index (Phi) is 3.87. The second-order valence-corrected chi connectivity index (χ2v) is 7.56. The maximum Gasteiger partial charge on any atom is 0.139 e. The van der Waals surface area contributed by atoms with E-state index in [0.717, 1.165) is 22.0 Å². The predicted octanol–water partition coefficient (Wildman–Crippen LogP) is 4.87. The van der Waals surface area contributed by atoms with Crippen LogP contribution in [0, 0.1) is 0 Å². The van der Waals surface area contributed by atoms with Gasteiger partial charge in [0.05, 0.1) is 10.6 Å². The molecule has 5 heteroatoms. The Hall–Kier alpha value is -2.89. The van der Waals surface area contributed by atoms with Gasteiger partial charge >= 0.3 is 0 Å². The number of rotatable bonds is 3. The van der Waals surface area contributed by atoms with Crippen molar-refractivity contribution in [2.24, 2.45) is 9.50 Å². The summed E-state index contributed by atoms with van der Waals surface area (Å²) in [6.07, 6.45) is 1.73. The van der Waals surface area contributed by atoms with Gasteiger partial charge in [0, 0.05) is 17.1 Å². The monoisotopic (exact) mass is 347 g/mol. The van der Waals surface area contributed by atoms with Crippen molar-refractivity contribution in [3.05, 3.63) is 85.1 Å². The van der Waals surface area contributed by atoms with E-state index in [4.69, 9.17) is 5.14 Å². The third-order valence-electron chi connectivity index (χ3n) is 4.10. The summed E-state index contributed by atoms with van der Waals surface area (Å²) < 4.78 is 17.3. The number of hydrogen-bond acceptors (Lipinski definition) is 2. The van der Waals surface area contributed by atoms with E-state index in [1.165, 1.54) is 0 Å². The molecule has 25 heavy (non-hydrogen) atoms. The van der Waals surface area contributed by atoms with E-state index in [1.807, 2.05) is 66.7 Å². The highest BCUT2D eigenvalue weighted by molar-refractivity contribution is 7.91. The van der Waals surface area contributed by atoms with E-state index in [0.29, 0.717) is 10.6 Å².